The number of hydrogen-bond acceptors (Lipinski definition) is 1. The molecule has 4 aromatic rings. The highest BCUT2D eigenvalue weighted by Crippen LogP contribution is 2.33. The molecule has 0 saturated carbocycles. The quantitative estimate of drug-likeness (QED) is 0.411. The monoisotopic (exact) mass is 335 g/mol. The Labute approximate surface area is 155 Å². The molecule has 1 heterocycles. The summed E-state index contributed by atoms with van der Waals surface area (Å²) in [6, 6.07) is 34.0. The lowest BCUT2D eigenvalue weighted by molar-refractivity contribution is 0.923. The van der Waals surface area contributed by atoms with E-state index >= 15 is 0 Å². The van der Waals surface area contributed by atoms with E-state index < -0.39 is 0 Å². The highest BCUT2D eigenvalue weighted by atomic mass is 14.7. The lowest BCUT2D eigenvalue weighted by atomic mass is 9.88. The zero-order valence-corrected chi connectivity index (χ0v) is 14.8. The van der Waals surface area contributed by atoms with Gasteiger partial charge in [0.05, 0.1) is 5.69 Å². The molecule has 1 heteroatoms. The van der Waals surface area contributed by atoms with Gasteiger partial charge < -0.3 is 0 Å². The molecular formula is C25H21N. The predicted molar refractivity (Wildman–Crippen MR) is 109 cm³/mol. The van der Waals surface area contributed by atoms with Crippen molar-refractivity contribution < 1.29 is 0 Å². The molecule has 3 aromatic carbocycles. The minimum atomic E-state index is 0.304. The van der Waals surface area contributed by atoms with Crippen LogP contribution in [0.15, 0.2) is 103 Å². The number of hydrogen-bond donors (Lipinski definition) is 0. The van der Waals surface area contributed by atoms with Crippen LogP contribution in [0.25, 0.3) is 22.4 Å². The molecule has 1 atom stereocenters. The minimum absolute atomic E-state index is 0.304. The van der Waals surface area contributed by atoms with Gasteiger partial charge in [-0.1, -0.05) is 91.9 Å². The lowest BCUT2D eigenvalue weighted by Gasteiger charge is -2.17. The van der Waals surface area contributed by atoms with Gasteiger partial charge >= 0.3 is 0 Å². The molecule has 0 aliphatic carbocycles. The van der Waals surface area contributed by atoms with Gasteiger partial charge in [0.2, 0.25) is 0 Å². The molecule has 1 aromatic heterocycles. The first-order chi connectivity index (χ1) is 12.8. The van der Waals surface area contributed by atoms with E-state index in [1.165, 1.54) is 27.8 Å². The first-order valence-electron chi connectivity index (χ1n) is 8.98. The average molecular weight is 335 g/mol. The van der Waals surface area contributed by atoms with E-state index in [4.69, 9.17) is 0 Å². The van der Waals surface area contributed by atoms with Gasteiger partial charge in [-0.3, -0.25) is 4.98 Å². The summed E-state index contributed by atoms with van der Waals surface area (Å²) in [5.74, 6) is 0.304. The lowest BCUT2D eigenvalue weighted by Crippen LogP contribution is -1.99. The minimum Gasteiger partial charge on any atom is -0.256 e. The van der Waals surface area contributed by atoms with E-state index in [9.17, 15) is 0 Å². The van der Waals surface area contributed by atoms with E-state index in [0.717, 1.165) is 5.69 Å². The van der Waals surface area contributed by atoms with Crippen molar-refractivity contribution in [2.45, 2.75) is 12.8 Å². The highest BCUT2D eigenvalue weighted by Gasteiger charge is 2.14. The van der Waals surface area contributed by atoms with E-state index in [2.05, 4.69) is 96.8 Å². The van der Waals surface area contributed by atoms with Gasteiger partial charge in [-0.05, 0) is 34.4 Å². The Kier molecular flexibility index (Phi) is 4.61. The summed E-state index contributed by atoms with van der Waals surface area (Å²) in [5, 5.41) is 0. The van der Waals surface area contributed by atoms with Gasteiger partial charge in [0.15, 0.2) is 0 Å². The number of rotatable bonds is 4. The van der Waals surface area contributed by atoms with Crippen molar-refractivity contribution >= 4 is 0 Å². The molecule has 0 spiro atoms. The second kappa shape index (κ2) is 7.37. The smallest absolute Gasteiger partial charge is 0.0704 e. The highest BCUT2D eigenvalue weighted by molar-refractivity contribution is 5.67. The molecular weight excluding hydrogens is 314 g/mol. The fraction of sp³-hybridized carbons (Fsp3) is 0.0800. The van der Waals surface area contributed by atoms with Crippen molar-refractivity contribution in [1.82, 2.24) is 4.98 Å². The molecule has 126 valence electrons. The van der Waals surface area contributed by atoms with Crippen molar-refractivity contribution in [1.29, 1.82) is 0 Å². The number of aromatic nitrogens is 1. The normalized spacial score (nSPS) is 11.9. The Balaban J connectivity index is 1.68. The predicted octanol–water partition coefficient (Wildman–Crippen LogP) is 6.57. The van der Waals surface area contributed by atoms with Crippen LogP contribution in [0.5, 0.6) is 0 Å². The van der Waals surface area contributed by atoms with E-state index in [0.29, 0.717) is 5.92 Å². The molecule has 0 radical (unpaired) electrons. The van der Waals surface area contributed by atoms with Crippen molar-refractivity contribution in [2.24, 2.45) is 0 Å². The Morgan fingerprint density at radius 1 is 0.615 bits per heavy atom. The fourth-order valence-corrected chi connectivity index (χ4v) is 3.40. The molecule has 0 bridgehead atoms. The Hall–Kier alpha value is -3.19. The molecule has 1 nitrogen and oxygen atoms in total. The molecule has 0 aliphatic heterocycles. The van der Waals surface area contributed by atoms with Crippen LogP contribution in [0, 0.1) is 0 Å². The van der Waals surface area contributed by atoms with Crippen LogP contribution in [0.1, 0.15) is 24.0 Å². The summed E-state index contributed by atoms with van der Waals surface area (Å²) in [6.45, 7) is 2.26. The Bertz CT molecular complexity index is 973. The van der Waals surface area contributed by atoms with Gasteiger partial charge in [0, 0.05) is 17.7 Å². The third kappa shape index (κ3) is 3.29. The van der Waals surface area contributed by atoms with Gasteiger partial charge in [-0.2, -0.15) is 0 Å². The second-order valence-corrected chi connectivity index (χ2v) is 6.51. The zero-order valence-electron chi connectivity index (χ0n) is 14.8. The molecule has 26 heavy (non-hydrogen) atoms. The maximum Gasteiger partial charge on any atom is 0.0704 e. The Morgan fingerprint density at radius 3 is 2.00 bits per heavy atom. The summed E-state index contributed by atoms with van der Waals surface area (Å²) >= 11 is 0. The topological polar surface area (TPSA) is 12.9 Å². The summed E-state index contributed by atoms with van der Waals surface area (Å²) in [4.78, 5) is 4.54. The third-order valence-corrected chi connectivity index (χ3v) is 4.89. The van der Waals surface area contributed by atoms with E-state index in [-0.39, 0.29) is 0 Å². The Morgan fingerprint density at radius 2 is 1.27 bits per heavy atom. The molecule has 0 saturated heterocycles. The second-order valence-electron chi connectivity index (χ2n) is 6.51. The third-order valence-electron chi connectivity index (χ3n) is 4.89. The molecule has 0 amide bonds. The fourth-order valence-electron chi connectivity index (χ4n) is 3.40. The molecule has 4 rings (SSSR count). The maximum atomic E-state index is 4.54. The summed E-state index contributed by atoms with van der Waals surface area (Å²) in [5.41, 5.74) is 7.34. The average Bonchev–Trinajstić information content (AvgIpc) is 2.75. The summed E-state index contributed by atoms with van der Waals surface area (Å²) in [6.07, 6.45) is 1.85. The van der Waals surface area contributed by atoms with Gasteiger partial charge in [-0.15, -0.1) is 0 Å². The van der Waals surface area contributed by atoms with E-state index in [1.54, 1.807) is 0 Å². The summed E-state index contributed by atoms with van der Waals surface area (Å²) < 4.78 is 0. The van der Waals surface area contributed by atoms with Crippen molar-refractivity contribution in [2.75, 3.05) is 0 Å². The maximum absolute atomic E-state index is 4.54. The molecule has 0 N–H and O–H groups in total. The number of nitrogens with zero attached hydrogens (tertiary/aromatic N) is 1. The van der Waals surface area contributed by atoms with Crippen LogP contribution in [0.4, 0.5) is 0 Å². The van der Waals surface area contributed by atoms with Crippen LogP contribution in [-0.4, -0.2) is 4.98 Å². The van der Waals surface area contributed by atoms with Crippen LogP contribution in [0.3, 0.4) is 0 Å². The van der Waals surface area contributed by atoms with Crippen LogP contribution < -0.4 is 0 Å². The van der Waals surface area contributed by atoms with Crippen molar-refractivity contribution in [3.63, 3.8) is 0 Å². The van der Waals surface area contributed by atoms with Gasteiger partial charge in [0.1, 0.15) is 0 Å². The first-order valence-corrected chi connectivity index (χ1v) is 8.98. The number of pyridine rings is 1. The number of benzene rings is 3. The molecule has 0 fully saturated rings. The van der Waals surface area contributed by atoms with Gasteiger partial charge in [0.25, 0.3) is 0 Å². The SMILES string of the molecule is CC(c1ccc(-c2ccccc2)cc1)c1ccccc1-c1ccccn1. The first kappa shape index (κ1) is 16.3. The standard InChI is InChI=1S/C25H21N/c1-19(20-14-16-22(17-15-20)21-9-3-2-4-10-21)23-11-5-6-12-24(23)25-13-7-8-18-26-25/h2-19H,1H3. The van der Waals surface area contributed by atoms with Crippen LogP contribution in [0.2, 0.25) is 0 Å². The summed E-state index contributed by atoms with van der Waals surface area (Å²) in [7, 11) is 0. The van der Waals surface area contributed by atoms with Crippen molar-refractivity contribution in [3.8, 4) is 22.4 Å². The largest absolute Gasteiger partial charge is 0.256 e. The molecule has 0 aliphatic rings. The van der Waals surface area contributed by atoms with Gasteiger partial charge in [-0.25, -0.2) is 0 Å². The van der Waals surface area contributed by atoms with Crippen LogP contribution in [-0.2, 0) is 0 Å². The van der Waals surface area contributed by atoms with Crippen molar-refractivity contribution in [3.05, 3.63) is 114 Å². The zero-order chi connectivity index (χ0) is 17.8. The van der Waals surface area contributed by atoms with Crippen LogP contribution >= 0.6 is 0 Å². The molecule has 1 unspecified atom stereocenters. The van der Waals surface area contributed by atoms with E-state index in [1.807, 2.05) is 18.3 Å².